The second-order valence-electron chi connectivity index (χ2n) is 5.38. The average molecular weight is 315 g/mol. The lowest BCUT2D eigenvalue weighted by molar-refractivity contribution is 0.146. The SMILES string of the molecule is CCOCCCNS(=O)(=O)c1cc(CNC2CC2)n(C)c1. The lowest BCUT2D eigenvalue weighted by Crippen LogP contribution is -2.25. The molecule has 0 spiro atoms. The molecule has 0 radical (unpaired) electrons. The molecule has 7 heteroatoms. The molecule has 0 aliphatic heterocycles. The number of aromatic nitrogens is 1. The van der Waals surface area contributed by atoms with Crippen LogP contribution in [0.4, 0.5) is 0 Å². The molecular weight excluding hydrogens is 290 g/mol. The van der Waals surface area contributed by atoms with Crippen LogP contribution in [0, 0.1) is 0 Å². The van der Waals surface area contributed by atoms with Crippen LogP contribution in [0.25, 0.3) is 0 Å². The van der Waals surface area contributed by atoms with Crippen LogP contribution < -0.4 is 10.0 Å². The van der Waals surface area contributed by atoms with Crippen molar-refractivity contribution in [3.8, 4) is 0 Å². The lowest BCUT2D eigenvalue weighted by Gasteiger charge is -2.04. The maximum Gasteiger partial charge on any atom is 0.242 e. The van der Waals surface area contributed by atoms with Gasteiger partial charge in [0.2, 0.25) is 10.0 Å². The number of sulfonamides is 1. The second kappa shape index (κ2) is 7.40. The molecule has 0 saturated heterocycles. The Balaban J connectivity index is 1.87. The summed E-state index contributed by atoms with van der Waals surface area (Å²) >= 11 is 0. The van der Waals surface area contributed by atoms with E-state index in [1.807, 2.05) is 18.5 Å². The smallest absolute Gasteiger partial charge is 0.242 e. The van der Waals surface area contributed by atoms with Crippen molar-refractivity contribution in [1.29, 1.82) is 0 Å². The van der Waals surface area contributed by atoms with Crippen molar-refractivity contribution in [2.75, 3.05) is 19.8 Å². The molecule has 120 valence electrons. The standard InChI is InChI=1S/C14H25N3O3S/c1-3-20-8-4-7-16-21(18,19)14-9-13(17(2)11-14)10-15-12-5-6-12/h9,11-12,15-16H,3-8,10H2,1-2H3. The third kappa shape index (κ3) is 5.10. The quantitative estimate of drug-likeness (QED) is 0.631. The Labute approximate surface area is 126 Å². The van der Waals surface area contributed by atoms with Gasteiger partial charge in [0.15, 0.2) is 0 Å². The molecule has 0 aromatic carbocycles. The van der Waals surface area contributed by atoms with Gasteiger partial charge < -0.3 is 14.6 Å². The van der Waals surface area contributed by atoms with E-state index in [1.54, 1.807) is 12.3 Å². The van der Waals surface area contributed by atoms with Gasteiger partial charge in [-0.2, -0.15) is 0 Å². The maximum atomic E-state index is 12.2. The number of nitrogens with zero attached hydrogens (tertiary/aromatic N) is 1. The highest BCUT2D eigenvalue weighted by molar-refractivity contribution is 7.89. The van der Waals surface area contributed by atoms with Crippen LogP contribution in [0.5, 0.6) is 0 Å². The average Bonchev–Trinajstić information content (AvgIpc) is 3.19. The molecule has 21 heavy (non-hydrogen) atoms. The number of nitrogens with one attached hydrogen (secondary N) is 2. The van der Waals surface area contributed by atoms with E-state index in [0.717, 1.165) is 5.69 Å². The molecule has 0 unspecified atom stereocenters. The predicted molar refractivity (Wildman–Crippen MR) is 81.6 cm³/mol. The highest BCUT2D eigenvalue weighted by Crippen LogP contribution is 2.20. The van der Waals surface area contributed by atoms with Crippen LogP contribution in [0.3, 0.4) is 0 Å². The van der Waals surface area contributed by atoms with Gasteiger partial charge in [-0.15, -0.1) is 0 Å². The molecule has 1 aromatic rings. The molecule has 1 aromatic heterocycles. The molecule has 1 heterocycles. The van der Waals surface area contributed by atoms with Gasteiger partial charge in [-0.1, -0.05) is 0 Å². The zero-order valence-electron chi connectivity index (χ0n) is 12.8. The van der Waals surface area contributed by atoms with Gasteiger partial charge in [0.25, 0.3) is 0 Å². The van der Waals surface area contributed by atoms with Gasteiger partial charge in [0.1, 0.15) is 0 Å². The van der Waals surface area contributed by atoms with Gasteiger partial charge in [0.05, 0.1) is 4.90 Å². The maximum absolute atomic E-state index is 12.2. The molecule has 0 amide bonds. The number of hydrogen-bond acceptors (Lipinski definition) is 4. The van der Waals surface area contributed by atoms with Gasteiger partial charge in [-0.05, 0) is 32.3 Å². The van der Waals surface area contributed by atoms with Crippen LogP contribution >= 0.6 is 0 Å². The molecule has 6 nitrogen and oxygen atoms in total. The molecule has 1 fully saturated rings. The number of aryl methyl sites for hydroxylation is 1. The van der Waals surface area contributed by atoms with Crippen molar-refractivity contribution >= 4 is 10.0 Å². The van der Waals surface area contributed by atoms with E-state index in [-0.39, 0.29) is 0 Å². The summed E-state index contributed by atoms with van der Waals surface area (Å²) in [4.78, 5) is 0.328. The number of hydrogen-bond donors (Lipinski definition) is 2. The van der Waals surface area contributed by atoms with Crippen LogP contribution in [0.15, 0.2) is 17.2 Å². The van der Waals surface area contributed by atoms with Crippen molar-refractivity contribution in [3.63, 3.8) is 0 Å². The lowest BCUT2D eigenvalue weighted by atomic mass is 10.4. The molecule has 1 saturated carbocycles. The zero-order valence-corrected chi connectivity index (χ0v) is 13.6. The summed E-state index contributed by atoms with van der Waals surface area (Å²) in [6, 6.07) is 2.34. The topological polar surface area (TPSA) is 72.4 Å². The Morgan fingerprint density at radius 2 is 2.19 bits per heavy atom. The zero-order chi connectivity index (χ0) is 15.3. The molecule has 0 atom stereocenters. The molecule has 1 aliphatic carbocycles. The monoisotopic (exact) mass is 315 g/mol. The van der Waals surface area contributed by atoms with E-state index in [1.165, 1.54) is 12.8 Å². The molecule has 0 bridgehead atoms. The fourth-order valence-electron chi connectivity index (χ4n) is 2.04. The Hall–Kier alpha value is -0.890. The van der Waals surface area contributed by atoms with Crippen molar-refractivity contribution in [1.82, 2.24) is 14.6 Å². The van der Waals surface area contributed by atoms with Crippen LogP contribution in [-0.2, 0) is 28.4 Å². The third-order valence-electron chi connectivity index (χ3n) is 3.50. The molecule has 2 N–H and O–H groups in total. The van der Waals surface area contributed by atoms with Crippen LogP contribution in [-0.4, -0.2) is 38.8 Å². The molecule has 2 rings (SSSR count). The summed E-state index contributed by atoms with van der Waals surface area (Å²) in [6.45, 7) is 4.26. The minimum Gasteiger partial charge on any atom is -0.382 e. The Morgan fingerprint density at radius 1 is 1.43 bits per heavy atom. The Bertz CT molecular complexity index is 550. The second-order valence-corrected chi connectivity index (χ2v) is 7.15. The minimum atomic E-state index is -3.43. The normalized spacial score (nSPS) is 15.5. The van der Waals surface area contributed by atoms with E-state index in [2.05, 4.69) is 10.0 Å². The third-order valence-corrected chi connectivity index (χ3v) is 4.93. The number of rotatable bonds is 10. The first kappa shape index (κ1) is 16.5. The summed E-state index contributed by atoms with van der Waals surface area (Å²) in [6.07, 6.45) is 4.78. The van der Waals surface area contributed by atoms with E-state index < -0.39 is 10.0 Å². The number of ether oxygens (including phenoxy) is 1. The van der Waals surface area contributed by atoms with Gasteiger partial charge >= 0.3 is 0 Å². The first-order chi connectivity index (χ1) is 10.0. The Morgan fingerprint density at radius 3 is 2.86 bits per heavy atom. The summed E-state index contributed by atoms with van der Waals surface area (Å²) in [5.74, 6) is 0. The van der Waals surface area contributed by atoms with E-state index in [0.29, 0.717) is 43.7 Å². The summed E-state index contributed by atoms with van der Waals surface area (Å²) < 4.78 is 34.1. The van der Waals surface area contributed by atoms with Crippen LogP contribution in [0.2, 0.25) is 0 Å². The van der Waals surface area contributed by atoms with Crippen molar-refractivity contribution in [2.24, 2.45) is 7.05 Å². The van der Waals surface area contributed by atoms with Gasteiger partial charge in [0, 0.05) is 51.3 Å². The minimum absolute atomic E-state index is 0.328. The Kier molecular flexibility index (Phi) is 5.80. The largest absolute Gasteiger partial charge is 0.382 e. The van der Waals surface area contributed by atoms with Gasteiger partial charge in [-0.25, -0.2) is 13.1 Å². The van der Waals surface area contributed by atoms with Crippen molar-refractivity contribution < 1.29 is 13.2 Å². The van der Waals surface area contributed by atoms with E-state index >= 15 is 0 Å². The fourth-order valence-corrected chi connectivity index (χ4v) is 3.21. The summed E-state index contributed by atoms with van der Waals surface area (Å²) in [7, 11) is -1.55. The van der Waals surface area contributed by atoms with E-state index in [9.17, 15) is 8.42 Å². The highest BCUT2D eigenvalue weighted by Gasteiger charge is 2.22. The first-order valence-electron chi connectivity index (χ1n) is 7.49. The van der Waals surface area contributed by atoms with Gasteiger partial charge in [-0.3, -0.25) is 0 Å². The highest BCUT2D eigenvalue weighted by atomic mass is 32.2. The van der Waals surface area contributed by atoms with Crippen molar-refractivity contribution in [2.45, 2.75) is 43.7 Å². The van der Waals surface area contributed by atoms with E-state index in [4.69, 9.17) is 4.74 Å². The van der Waals surface area contributed by atoms with Crippen molar-refractivity contribution in [3.05, 3.63) is 18.0 Å². The summed E-state index contributed by atoms with van der Waals surface area (Å²) in [5, 5.41) is 3.39. The summed E-state index contributed by atoms with van der Waals surface area (Å²) in [5.41, 5.74) is 0.983. The first-order valence-corrected chi connectivity index (χ1v) is 8.97. The van der Waals surface area contributed by atoms with Crippen LogP contribution in [0.1, 0.15) is 31.9 Å². The predicted octanol–water partition coefficient (Wildman–Crippen LogP) is 0.982. The fraction of sp³-hybridized carbons (Fsp3) is 0.714. The molecular formula is C14H25N3O3S. The molecule has 1 aliphatic rings.